The van der Waals surface area contributed by atoms with E-state index in [0.717, 1.165) is 6.16 Å². The number of hydrogen-bond donors (Lipinski definition) is 1. The minimum Gasteiger partial charge on any atom is -0.242 e. The van der Waals surface area contributed by atoms with E-state index in [-0.39, 0.29) is 4.75 Å². The number of benzene rings is 2. The third-order valence-corrected chi connectivity index (χ3v) is 9.78. The van der Waals surface area contributed by atoms with Gasteiger partial charge in [-0.15, -0.1) is 0 Å². The van der Waals surface area contributed by atoms with E-state index in [9.17, 15) is 4.21 Å². The summed E-state index contributed by atoms with van der Waals surface area (Å²) in [6.45, 7) is 6.18. The van der Waals surface area contributed by atoms with E-state index in [0.29, 0.717) is 12.0 Å². The Bertz CT molecular complexity index is 699. The average Bonchev–Trinajstić information content (AvgIpc) is 2.72. The van der Waals surface area contributed by atoms with Crippen molar-refractivity contribution in [1.29, 1.82) is 0 Å². The maximum Gasteiger partial charge on any atom is 0.0972 e. The van der Waals surface area contributed by atoms with Crippen molar-refractivity contribution in [1.82, 2.24) is 4.72 Å². The molecular weight excluding hydrogens is 381 g/mol. The second-order valence-electron chi connectivity index (χ2n) is 8.79. The highest BCUT2D eigenvalue weighted by atomic mass is 32.2. The fraction of sp³-hybridized carbons (Fsp3) is 0.500. The van der Waals surface area contributed by atoms with Gasteiger partial charge in [-0.1, -0.05) is 79.9 Å². The lowest BCUT2D eigenvalue weighted by molar-refractivity contribution is 0.307. The summed E-state index contributed by atoms with van der Waals surface area (Å²) in [5.74, 6) is 0.623. The largest absolute Gasteiger partial charge is 0.242 e. The summed E-state index contributed by atoms with van der Waals surface area (Å²) in [6, 6.07) is 22.1. The van der Waals surface area contributed by atoms with E-state index < -0.39 is 18.9 Å². The molecule has 0 bridgehead atoms. The molecule has 3 rings (SSSR count). The van der Waals surface area contributed by atoms with Crippen LogP contribution in [-0.2, 0) is 11.0 Å². The van der Waals surface area contributed by atoms with Crippen LogP contribution in [0.25, 0.3) is 0 Å². The highest BCUT2D eigenvalue weighted by Crippen LogP contribution is 2.38. The van der Waals surface area contributed by atoms with Gasteiger partial charge in [0.05, 0.1) is 15.7 Å². The van der Waals surface area contributed by atoms with Crippen LogP contribution in [0.15, 0.2) is 60.7 Å². The van der Waals surface area contributed by atoms with Crippen LogP contribution in [0.4, 0.5) is 0 Å². The van der Waals surface area contributed by atoms with Gasteiger partial charge in [0.1, 0.15) is 0 Å². The molecule has 1 fully saturated rings. The van der Waals surface area contributed by atoms with E-state index in [1.807, 2.05) is 0 Å². The van der Waals surface area contributed by atoms with E-state index in [1.165, 1.54) is 42.7 Å². The molecule has 0 saturated heterocycles. The van der Waals surface area contributed by atoms with Crippen LogP contribution >= 0.6 is 7.92 Å². The molecule has 0 amide bonds. The van der Waals surface area contributed by atoms with Gasteiger partial charge in [0, 0.05) is 6.04 Å². The van der Waals surface area contributed by atoms with Crippen molar-refractivity contribution in [2.75, 3.05) is 6.16 Å². The van der Waals surface area contributed by atoms with Gasteiger partial charge in [-0.3, -0.25) is 0 Å². The van der Waals surface area contributed by atoms with Crippen LogP contribution in [0.1, 0.15) is 52.9 Å². The van der Waals surface area contributed by atoms with Crippen molar-refractivity contribution in [2.45, 2.75) is 63.7 Å². The van der Waals surface area contributed by atoms with Gasteiger partial charge in [0.25, 0.3) is 0 Å². The SMILES string of the molecule is CC(C)(C)S(=O)N[C@H](CP(c1ccccc1)c1ccccc1)C1CCCCC1. The minimum absolute atomic E-state index is 0.241. The molecule has 1 unspecified atom stereocenters. The summed E-state index contributed by atoms with van der Waals surface area (Å²) >= 11 is 0. The first-order valence-electron chi connectivity index (χ1n) is 10.5. The van der Waals surface area contributed by atoms with Gasteiger partial charge >= 0.3 is 0 Å². The third kappa shape index (κ3) is 5.99. The van der Waals surface area contributed by atoms with E-state index >= 15 is 0 Å². The van der Waals surface area contributed by atoms with Crippen LogP contribution in [0.3, 0.4) is 0 Å². The molecule has 4 heteroatoms. The van der Waals surface area contributed by atoms with Crippen LogP contribution in [0.2, 0.25) is 0 Å². The molecule has 1 aliphatic carbocycles. The normalized spacial score (nSPS) is 18.1. The van der Waals surface area contributed by atoms with Crippen LogP contribution in [0.5, 0.6) is 0 Å². The highest BCUT2D eigenvalue weighted by molar-refractivity contribution is 7.84. The van der Waals surface area contributed by atoms with E-state index in [2.05, 4.69) is 86.2 Å². The van der Waals surface area contributed by atoms with Crippen molar-refractivity contribution in [2.24, 2.45) is 5.92 Å². The topological polar surface area (TPSA) is 29.1 Å². The predicted molar refractivity (Wildman–Crippen MR) is 125 cm³/mol. The number of hydrogen-bond acceptors (Lipinski definition) is 1. The average molecular weight is 416 g/mol. The fourth-order valence-corrected chi connectivity index (χ4v) is 7.50. The summed E-state index contributed by atoms with van der Waals surface area (Å²) < 4.78 is 16.3. The molecule has 1 saturated carbocycles. The lowest BCUT2D eigenvalue weighted by Crippen LogP contribution is -2.46. The zero-order valence-corrected chi connectivity index (χ0v) is 19.1. The standard InChI is InChI=1S/C24H34NOPS/c1-24(2,3)28(26)25-23(20-13-7-4-8-14-20)19-27(21-15-9-5-10-16-21)22-17-11-6-12-18-22/h5-6,9-12,15-18,20,23,25H,4,7-8,13-14,19H2,1-3H3/t23-,28?/m1/s1. The third-order valence-electron chi connectivity index (χ3n) is 5.55. The first-order valence-corrected chi connectivity index (χ1v) is 13.2. The minimum atomic E-state index is -1.04. The predicted octanol–water partition coefficient (Wildman–Crippen LogP) is 5.12. The summed E-state index contributed by atoms with van der Waals surface area (Å²) in [7, 11) is -1.52. The van der Waals surface area contributed by atoms with Crippen molar-refractivity contribution in [3.8, 4) is 0 Å². The van der Waals surface area contributed by atoms with E-state index in [1.54, 1.807) is 0 Å². The molecule has 0 aliphatic heterocycles. The second kappa shape index (κ2) is 10.1. The Hall–Kier alpha value is -1.02. The fourth-order valence-electron chi connectivity index (χ4n) is 3.91. The molecule has 1 aliphatic rings. The van der Waals surface area contributed by atoms with Gasteiger partial charge in [-0.2, -0.15) is 0 Å². The van der Waals surface area contributed by atoms with E-state index in [4.69, 9.17) is 0 Å². The smallest absolute Gasteiger partial charge is 0.0972 e. The Labute approximate surface area is 174 Å². The first kappa shape index (κ1) is 21.7. The van der Waals surface area contributed by atoms with Gasteiger partial charge < -0.3 is 0 Å². The second-order valence-corrected chi connectivity index (χ2v) is 13.0. The Morgan fingerprint density at radius 3 is 1.89 bits per heavy atom. The van der Waals surface area contributed by atoms with Crippen molar-refractivity contribution in [3.05, 3.63) is 60.7 Å². The first-order chi connectivity index (χ1) is 13.4. The molecule has 152 valence electrons. The van der Waals surface area contributed by atoms with Crippen molar-refractivity contribution in [3.63, 3.8) is 0 Å². The zero-order valence-electron chi connectivity index (χ0n) is 17.4. The molecule has 1 N–H and O–H groups in total. The Morgan fingerprint density at radius 1 is 0.929 bits per heavy atom. The van der Waals surface area contributed by atoms with Crippen LogP contribution < -0.4 is 15.3 Å². The summed E-state index contributed by atoms with van der Waals surface area (Å²) in [4.78, 5) is 0. The Balaban J connectivity index is 1.89. The lowest BCUT2D eigenvalue weighted by Gasteiger charge is -2.35. The van der Waals surface area contributed by atoms with Crippen molar-refractivity contribution >= 4 is 29.5 Å². The zero-order chi connectivity index (χ0) is 20.0. The molecule has 0 radical (unpaired) electrons. The van der Waals surface area contributed by atoms with Crippen LogP contribution in [-0.4, -0.2) is 21.2 Å². The quantitative estimate of drug-likeness (QED) is 0.625. The summed E-state index contributed by atoms with van der Waals surface area (Å²) in [6.07, 6.45) is 7.52. The molecule has 2 nitrogen and oxygen atoms in total. The summed E-state index contributed by atoms with van der Waals surface area (Å²) in [5, 5.41) is 2.82. The maximum atomic E-state index is 13.0. The van der Waals surface area contributed by atoms with Crippen LogP contribution in [0, 0.1) is 5.92 Å². The molecule has 2 atom stereocenters. The van der Waals surface area contributed by atoms with Gasteiger partial charge in [0.15, 0.2) is 0 Å². The molecule has 2 aromatic carbocycles. The maximum absolute atomic E-state index is 13.0. The monoisotopic (exact) mass is 415 g/mol. The van der Waals surface area contributed by atoms with Gasteiger partial charge in [0.2, 0.25) is 0 Å². The highest BCUT2D eigenvalue weighted by Gasteiger charge is 2.31. The summed E-state index contributed by atoms with van der Waals surface area (Å²) in [5.41, 5.74) is 0. The number of nitrogens with one attached hydrogen (secondary N) is 1. The lowest BCUT2D eigenvalue weighted by atomic mass is 9.85. The molecule has 0 spiro atoms. The molecule has 0 aromatic heterocycles. The van der Waals surface area contributed by atoms with Gasteiger partial charge in [-0.25, -0.2) is 8.93 Å². The molecular formula is C24H34NOPS. The Kier molecular flexibility index (Phi) is 7.85. The van der Waals surface area contributed by atoms with Gasteiger partial charge in [-0.05, 0) is 64.2 Å². The molecule has 0 heterocycles. The molecule has 2 aromatic rings. The van der Waals surface area contributed by atoms with Crippen molar-refractivity contribution < 1.29 is 4.21 Å². The molecule has 28 heavy (non-hydrogen) atoms. The number of rotatable bonds is 7. The Morgan fingerprint density at radius 2 is 1.43 bits per heavy atom.